The van der Waals surface area contributed by atoms with Crippen LogP contribution in [0.3, 0.4) is 0 Å². The van der Waals surface area contributed by atoms with Crippen molar-refractivity contribution < 1.29 is 14.3 Å². The molecule has 0 bridgehead atoms. The molecule has 122 valence electrons. The molecular formula is C19H18N2O3. The lowest BCUT2D eigenvalue weighted by Crippen LogP contribution is -2.24. The Morgan fingerprint density at radius 2 is 1.92 bits per heavy atom. The maximum absolute atomic E-state index is 11.6. The lowest BCUT2D eigenvalue weighted by Gasteiger charge is -2.04. The fourth-order valence-corrected chi connectivity index (χ4v) is 1.93. The molecule has 0 saturated heterocycles. The van der Waals surface area contributed by atoms with Crippen LogP contribution >= 0.6 is 0 Å². The van der Waals surface area contributed by atoms with Crippen molar-refractivity contribution in [3.63, 3.8) is 0 Å². The maximum Gasteiger partial charge on any atom is 0.408 e. The van der Waals surface area contributed by atoms with Crippen molar-refractivity contribution in [2.75, 3.05) is 12.3 Å². The lowest BCUT2D eigenvalue weighted by atomic mass is 10.1. The summed E-state index contributed by atoms with van der Waals surface area (Å²) in [5, 5.41) is 2.54. The number of Topliss-reactive ketones (excluding diaryl/α,β-unsaturated/α-hetero) is 1. The Morgan fingerprint density at radius 3 is 2.58 bits per heavy atom. The van der Waals surface area contributed by atoms with E-state index in [-0.39, 0.29) is 18.9 Å². The monoisotopic (exact) mass is 322 g/mol. The van der Waals surface area contributed by atoms with Crippen LogP contribution in [0, 0.1) is 11.8 Å². The number of hydrogen-bond acceptors (Lipinski definition) is 4. The highest BCUT2D eigenvalue weighted by Crippen LogP contribution is 2.13. The number of carbonyl (C=O) groups excluding carboxylic acids is 2. The summed E-state index contributed by atoms with van der Waals surface area (Å²) in [6, 6.07) is 14.4. The van der Waals surface area contributed by atoms with Gasteiger partial charge < -0.3 is 15.8 Å². The van der Waals surface area contributed by atoms with Crippen molar-refractivity contribution >= 4 is 17.6 Å². The van der Waals surface area contributed by atoms with Gasteiger partial charge >= 0.3 is 6.09 Å². The number of carbonyl (C=O) groups is 2. The van der Waals surface area contributed by atoms with Crippen molar-refractivity contribution in [1.29, 1.82) is 0 Å². The Hall–Kier alpha value is -3.26. The van der Waals surface area contributed by atoms with Crippen LogP contribution in [0.15, 0.2) is 48.5 Å². The Bertz CT molecular complexity index is 789. The van der Waals surface area contributed by atoms with Crippen LogP contribution in [0.25, 0.3) is 0 Å². The van der Waals surface area contributed by atoms with E-state index in [0.717, 1.165) is 5.56 Å². The molecule has 0 heterocycles. The molecular weight excluding hydrogens is 304 g/mol. The second-order valence-corrected chi connectivity index (χ2v) is 5.08. The minimum absolute atomic E-state index is 0.0518. The number of anilines is 1. The number of alkyl carbamates (subject to hydrolysis) is 1. The Kier molecular flexibility index (Phi) is 5.98. The van der Waals surface area contributed by atoms with Gasteiger partial charge in [-0.05, 0) is 24.6 Å². The molecule has 24 heavy (non-hydrogen) atoms. The Morgan fingerprint density at radius 1 is 1.17 bits per heavy atom. The molecule has 3 N–H and O–H groups in total. The van der Waals surface area contributed by atoms with Crippen LogP contribution in [0.2, 0.25) is 0 Å². The molecule has 0 fully saturated rings. The van der Waals surface area contributed by atoms with Gasteiger partial charge in [-0.3, -0.25) is 4.79 Å². The fourth-order valence-electron chi connectivity index (χ4n) is 1.93. The molecule has 0 unspecified atom stereocenters. The van der Waals surface area contributed by atoms with Gasteiger partial charge in [-0.25, -0.2) is 4.79 Å². The highest BCUT2D eigenvalue weighted by Gasteiger charge is 2.03. The van der Waals surface area contributed by atoms with Crippen molar-refractivity contribution in [3.8, 4) is 11.8 Å². The van der Waals surface area contributed by atoms with Gasteiger partial charge in [0.05, 0.1) is 6.54 Å². The van der Waals surface area contributed by atoms with E-state index >= 15 is 0 Å². The van der Waals surface area contributed by atoms with Gasteiger partial charge in [-0.15, -0.1) is 0 Å². The van der Waals surface area contributed by atoms with Crippen LogP contribution < -0.4 is 11.1 Å². The number of amides is 1. The van der Waals surface area contributed by atoms with Crippen LogP contribution in [0.5, 0.6) is 0 Å². The van der Waals surface area contributed by atoms with Crippen LogP contribution in [-0.2, 0) is 11.3 Å². The second kappa shape index (κ2) is 8.39. The summed E-state index contributed by atoms with van der Waals surface area (Å²) in [6.45, 7) is 1.83. The first-order valence-electron chi connectivity index (χ1n) is 7.40. The molecule has 0 saturated carbocycles. The molecule has 0 atom stereocenters. The zero-order chi connectivity index (χ0) is 17.4. The van der Waals surface area contributed by atoms with E-state index in [4.69, 9.17) is 10.5 Å². The van der Waals surface area contributed by atoms with E-state index in [0.29, 0.717) is 16.8 Å². The minimum Gasteiger partial charge on any atom is -0.445 e. The average molecular weight is 322 g/mol. The van der Waals surface area contributed by atoms with Crippen molar-refractivity contribution in [1.82, 2.24) is 5.32 Å². The minimum atomic E-state index is -0.534. The number of benzene rings is 2. The number of rotatable bonds is 4. The van der Waals surface area contributed by atoms with Crippen molar-refractivity contribution in [2.24, 2.45) is 0 Å². The van der Waals surface area contributed by atoms with Gasteiger partial charge in [0.2, 0.25) is 0 Å². The molecule has 2 rings (SSSR count). The van der Waals surface area contributed by atoms with Crippen LogP contribution in [0.4, 0.5) is 10.5 Å². The fraction of sp³-hybridized carbons (Fsp3) is 0.158. The maximum atomic E-state index is 11.6. The molecule has 0 aliphatic rings. The number of nitrogens with two attached hydrogens (primary N) is 1. The summed E-state index contributed by atoms with van der Waals surface area (Å²) in [5.41, 5.74) is 8.35. The van der Waals surface area contributed by atoms with Gasteiger partial charge in [0, 0.05) is 16.8 Å². The van der Waals surface area contributed by atoms with Gasteiger partial charge in [0.1, 0.15) is 6.61 Å². The number of nitrogen functional groups attached to an aromatic ring is 1. The molecule has 5 heteroatoms. The number of ether oxygens (including phenoxy) is 1. The second-order valence-electron chi connectivity index (χ2n) is 5.08. The zero-order valence-corrected chi connectivity index (χ0v) is 13.3. The first kappa shape index (κ1) is 17.1. The van der Waals surface area contributed by atoms with Crippen molar-refractivity contribution in [2.45, 2.75) is 13.5 Å². The van der Waals surface area contributed by atoms with Gasteiger partial charge in [-0.2, -0.15) is 0 Å². The van der Waals surface area contributed by atoms with Gasteiger partial charge in [-0.1, -0.05) is 48.2 Å². The smallest absolute Gasteiger partial charge is 0.408 e. The molecule has 2 aromatic carbocycles. The average Bonchev–Trinajstić information content (AvgIpc) is 2.58. The summed E-state index contributed by atoms with van der Waals surface area (Å²) in [4.78, 5) is 22.8. The van der Waals surface area contributed by atoms with Crippen LogP contribution in [0.1, 0.15) is 28.4 Å². The number of ketones is 1. The molecule has 0 aliphatic heterocycles. The SMILES string of the molecule is CC(=O)c1ccc(C#CCNC(=O)OCc2ccccc2)c(N)c1. The first-order valence-corrected chi connectivity index (χ1v) is 7.40. The summed E-state index contributed by atoms with van der Waals surface area (Å²) in [6.07, 6.45) is -0.534. The summed E-state index contributed by atoms with van der Waals surface area (Å²) < 4.78 is 5.07. The van der Waals surface area contributed by atoms with Crippen LogP contribution in [-0.4, -0.2) is 18.4 Å². The first-order chi connectivity index (χ1) is 11.6. The van der Waals surface area contributed by atoms with E-state index in [1.165, 1.54) is 6.92 Å². The van der Waals surface area contributed by atoms with E-state index in [2.05, 4.69) is 17.2 Å². The molecule has 5 nitrogen and oxygen atoms in total. The summed E-state index contributed by atoms with van der Waals surface area (Å²) in [5.74, 6) is 5.59. The Labute approximate surface area is 140 Å². The number of nitrogens with one attached hydrogen (secondary N) is 1. The summed E-state index contributed by atoms with van der Waals surface area (Å²) in [7, 11) is 0. The van der Waals surface area contributed by atoms with E-state index in [1.54, 1.807) is 18.2 Å². The highest BCUT2D eigenvalue weighted by atomic mass is 16.5. The standard InChI is InChI=1S/C19H18N2O3/c1-14(22)17-10-9-16(18(20)12-17)8-5-11-21-19(23)24-13-15-6-3-2-4-7-15/h2-4,6-7,9-10,12H,11,13,20H2,1H3,(H,21,23). The zero-order valence-electron chi connectivity index (χ0n) is 13.3. The molecule has 0 spiro atoms. The third-order valence-corrected chi connectivity index (χ3v) is 3.22. The van der Waals surface area contributed by atoms with E-state index < -0.39 is 6.09 Å². The molecule has 0 aliphatic carbocycles. The van der Waals surface area contributed by atoms with E-state index in [1.807, 2.05) is 30.3 Å². The Balaban J connectivity index is 1.81. The lowest BCUT2D eigenvalue weighted by molar-refractivity contribution is 0.101. The summed E-state index contributed by atoms with van der Waals surface area (Å²) >= 11 is 0. The van der Waals surface area contributed by atoms with Crippen molar-refractivity contribution in [3.05, 3.63) is 65.2 Å². The predicted molar refractivity (Wildman–Crippen MR) is 92.4 cm³/mol. The largest absolute Gasteiger partial charge is 0.445 e. The molecule has 2 aromatic rings. The molecule has 1 amide bonds. The molecule has 0 radical (unpaired) electrons. The number of hydrogen-bond donors (Lipinski definition) is 2. The third kappa shape index (κ3) is 5.18. The van der Waals surface area contributed by atoms with Gasteiger partial charge in [0.15, 0.2) is 5.78 Å². The normalized spacial score (nSPS) is 9.54. The topological polar surface area (TPSA) is 81.4 Å². The molecule has 0 aromatic heterocycles. The third-order valence-electron chi connectivity index (χ3n) is 3.22. The van der Waals surface area contributed by atoms with E-state index in [9.17, 15) is 9.59 Å². The van der Waals surface area contributed by atoms with Gasteiger partial charge in [0.25, 0.3) is 0 Å². The highest BCUT2D eigenvalue weighted by molar-refractivity contribution is 5.95. The quantitative estimate of drug-likeness (QED) is 0.515. The predicted octanol–water partition coefficient (Wildman–Crippen LogP) is 2.75.